The zero-order chi connectivity index (χ0) is 23.7. The van der Waals surface area contributed by atoms with Crippen LogP contribution in [0.2, 0.25) is 5.02 Å². The molecule has 1 aliphatic heterocycles. The van der Waals surface area contributed by atoms with Crippen LogP contribution in [0.4, 0.5) is 0 Å². The van der Waals surface area contributed by atoms with Gasteiger partial charge in [-0.1, -0.05) is 29.8 Å². The number of halogens is 1. The Labute approximate surface area is 195 Å². The van der Waals surface area contributed by atoms with Crippen LogP contribution in [0.5, 0.6) is 11.5 Å². The van der Waals surface area contributed by atoms with E-state index in [2.05, 4.69) is 0 Å². The third kappa shape index (κ3) is 4.07. The number of aryl methyl sites for hydroxylation is 1. The van der Waals surface area contributed by atoms with Gasteiger partial charge in [-0.15, -0.1) is 0 Å². The molecule has 33 heavy (non-hydrogen) atoms. The first-order valence-corrected chi connectivity index (χ1v) is 10.5. The number of aliphatic hydroxyl groups excluding tert-OH is 1. The van der Waals surface area contributed by atoms with Crippen molar-refractivity contribution < 1.29 is 28.6 Å². The maximum Gasteiger partial charge on any atom is 0.296 e. The molecule has 0 aliphatic carbocycles. The lowest BCUT2D eigenvalue weighted by Gasteiger charge is -2.24. The first-order chi connectivity index (χ1) is 15.8. The molecule has 170 valence electrons. The smallest absolute Gasteiger partial charge is 0.296 e. The molecule has 1 saturated heterocycles. The summed E-state index contributed by atoms with van der Waals surface area (Å²) in [6, 6.07) is 14.4. The number of rotatable bonds is 6. The van der Waals surface area contributed by atoms with Crippen molar-refractivity contribution in [3.63, 3.8) is 0 Å². The van der Waals surface area contributed by atoms with E-state index in [0.717, 1.165) is 0 Å². The highest BCUT2D eigenvalue weighted by Crippen LogP contribution is 2.42. The van der Waals surface area contributed by atoms with Gasteiger partial charge in [0.2, 0.25) is 0 Å². The molecule has 0 radical (unpaired) electrons. The van der Waals surface area contributed by atoms with Crippen molar-refractivity contribution in [3.05, 3.63) is 87.8 Å². The number of furan rings is 1. The summed E-state index contributed by atoms with van der Waals surface area (Å²) >= 11 is 6.31. The predicted octanol–water partition coefficient (Wildman–Crippen LogP) is 4.88. The van der Waals surface area contributed by atoms with E-state index in [9.17, 15) is 14.7 Å². The van der Waals surface area contributed by atoms with E-state index in [-0.39, 0.29) is 22.7 Å². The molecule has 1 atom stereocenters. The van der Waals surface area contributed by atoms with Crippen molar-refractivity contribution in [2.24, 2.45) is 0 Å². The molecule has 2 aromatic carbocycles. The number of ether oxygens (including phenoxy) is 2. The minimum Gasteiger partial charge on any atom is -0.507 e. The number of methoxy groups -OCH3 is 2. The zero-order valence-electron chi connectivity index (χ0n) is 18.3. The predicted molar refractivity (Wildman–Crippen MR) is 122 cm³/mol. The van der Waals surface area contributed by atoms with Gasteiger partial charge >= 0.3 is 0 Å². The van der Waals surface area contributed by atoms with E-state index in [4.69, 9.17) is 25.5 Å². The summed E-state index contributed by atoms with van der Waals surface area (Å²) in [5.41, 5.74) is 0.772. The van der Waals surface area contributed by atoms with Crippen LogP contribution < -0.4 is 9.47 Å². The lowest BCUT2D eigenvalue weighted by atomic mass is 9.99. The normalized spacial score (nSPS) is 17.5. The molecular formula is C25H22ClNO6. The second kappa shape index (κ2) is 9.03. The lowest BCUT2D eigenvalue weighted by molar-refractivity contribution is -0.140. The SMILES string of the molecule is COc1ccc(Cl)c(/C(O)=C2\C(=O)C(=O)N(Cc3ccccc3OC)C2c2ccc(C)o2)c1. The minimum atomic E-state index is -0.953. The number of benzene rings is 2. The van der Waals surface area contributed by atoms with E-state index in [0.29, 0.717) is 28.6 Å². The molecular weight excluding hydrogens is 446 g/mol. The molecule has 1 N–H and O–H groups in total. The minimum absolute atomic E-state index is 0.0711. The van der Waals surface area contributed by atoms with Gasteiger partial charge in [-0.2, -0.15) is 0 Å². The summed E-state index contributed by atoms with van der Waals surface area (Å²) in [6.45, 7) is 1.83. The van der Waals surface area contributed by atoms with Gasteiger partial charge in [0.25, 0.3) is 11.7 Å². The molecule has 3 aromatic rings. The Morgan fingerprint density at radius 2 is 1.85 bits per heavy atom. The summed E-state index contributed by atoms with van der Waals surface area (Å²) in [4.78, 5) is 27.7. The molecule has 0 saturated carbocycles. The van der Waals surface area contributed by atoms with E-state index >= 15 is 0 Å². The van der Waals surface area contributed by atoms with Gasteiger partial charge in [0, 0.05) is 11.1 Å². The van der Waals surface area contributed by atoms with Gasteiger partial charge in [0.05, 0.1) is 31.4 Å². The van der Waals surface area contributed by atoms with Crippen LogP contribution in [0.3, 0.4) is 0 Å². The fraction of sp³-hybridized carbons (Fsp3) is 0.200. The van der Waals surface area contributed by atoms with Crippen LogP contribution in [0.1, 0.15) is 28.7 Å². The third-order valence-electron chi connectivity index (χ3n) is 5.53. The van der Waals surface area contributed by atoms with Crippen LogP contribution in [0, 0.1) is 6.92 Å². The lowest BCUT2D eigenvalue weighted by Crippen LogP contribution is -2.29. The number of carbonyl (C=O) groups is 2. The molecule has 4 rings (SSSR count). The summed E-state index contributed by atoms with van der Waals surface area (Å²) < 4.78 is 16.4. The monoisotopic (exact) mass is 467 g/mol. The summed E-state index contributed by atoms with van der Waals surface area (Å²) in [7, 11) is 3.01. The van der Waals surface area contributed by atoms with Crippen molar-refractivity contribution >= 4 is 29.1 Å². The highest BCUT2D eigenvalue weighted by molar-refractivity contribution is 6.46. The molecule has 0 bridgehead atoms. The molecule has 1 unspecified atom stereocenters. The number of amides is 1. The van der Waals surface area contributed by atoms with Gasteiger partial charge in [-0.25, -0.2) is 0 Å². The number of Topliss-reactive ketones (excluding diaryl/α,β-unsaturated/α-hetero) is 1. The molecule has 0 spiro atoms. The Morgan fingerprint density at radius 1 is 1.09 bits per heavy atom. The first-order valence-electron chi connectivity index (χ1n) is 10.2. The topological polar surface area (TPSA) is 89.2 Å². The molecule has 7 nitrogen and oxygen atoms in total. The maximum absolute atomic E-state index is 13.2. The largest absolute Gasteiger partial charge is 0.507 e. The van der Waals surface area contributed by atoms with E-state index < -0.39 is 23.5 Å². The number of para-hydroxylation sites is 1. The van der Waals surface area contributed by atoms with Crippen LogP contribution in [-0.2, 0) is 16.1 Å². The van der Waals surface area contributed by atoms with Crippen molar-refractivity contribution in [3.8, 4) is 11.5 Å². The van der Waals surface area contributed by atoms with Crippen molar-refractivity contribution in [2.45, 2.75) is 19.5 Å². The Balaban J connectivity index is 1.89. The summed E-state index contributed by atoms with van der Waals surface area (Å²) in [5, 5.41) is 11.4. The Hall–Kier alpha value is -3.71. The van der Waals surface area contributed by atoms with Crippen molar-refractivity contribution in [1.29, 1.82) is 0 Å². The molecule has 1 amide bonds. The fourth-order valence-electron chi connectivity index (χ4n) is 3.91. The number of carbonyl (C=O) groups excluding carboxylic acids is 2. The third-order valence-corrected chi connectivity index (χ3v) is 5.86. The number of ketones is 1. The van der Waals surface area contributed by atoms with Crippen LogP contribution in [-0.4, -0.2) is 35.9 Å². The van der Waals surface area contributed by atoms with Gasteiger partial charge in [-0.05, 0) is 43.3 Å². The Bertz CT molecular complexity index is 1260. The quantitative estimate of drug-likeness (QED) is 0.316. The van der Waals surface area contributed by atoms with E-state index in [1.807, 2.05) is 18.2 Å². The zero-order valence-corrected chi connectivity index (χ0v) is 19.1. The number of nitrogens with zero attached hydrogens (tertiary/aromatic N) is 1. The Morgan fingerprint density at radius 3 is 2.52 bits per heavy atom. The average molecular weight is 468 g/mol. The summed E-state index contributed by atoms with van der Waals surface area (Å²) in [6.07, 6.45) is 0. The standard InChI is InChI=1S/C25H22ClNO6/c1-14-8-11-20(33-14)22-21(23(28)17-12-16(31-2)9-10-18(17)26)24(29)25(30)27(22)13-15-6-4-5-7-19(15)32-3/h4-12,22,28H,13H2,1-3H3/b23-21+. The molecule has 2 heterocycles. The molecule has 1 fully saturated rings. The number of likely N-dealkylation sites (tertiary alicyclic amines) is 1. The highest BCUT2D eigenvalue weighted by Gasteiger charge is 2.48. The average Bonchev–Trinajstić information content (AvgIpc) is 3.35. The molecule has 1 aliphatic rings. The van der Waals surface area contributed by atoms with E-state index in [1.54, 1.807) is 37.3 Å². The highest BCUT2D eigenvalue weighted by atomic mass is 35.5. The first kappa shape index (κ1) is 22.5. The van der Waals surface area contributed by atoms with Gasteiger partial charge in [-0.3, -0.25) is 9.59 Å². The second-order valence-corrected chi connectivity index (χ2v) is 7.94. The van der Waals surface area contributed by atoms with Crippen molar-refractivity contribution in [1.82, 2.24) is 4.90 Å². The van der Waals surface area contributed by atoms with Crippen LogP contribution in [0.15, 0.2) is 64.6 Å². The van der Waals surface area contributed by atoms with Gasteiger partial charge in [0.15, 0.2) is 0 Å². The fourth-order valence-corrected chi connectivity index (χ4v) is 4.12. The van der Waals surface area contributed by atoms with Crippen LogP contribution in [0.25, 0.3) is 5.76 Å². The maximum atomic E-state index is 13.2. The second-order valence-electron chi connectivity index (χ2n) is 7.53. The van der Waals surface area contributed by atoms with Gasteiger partial charge < -0.3 is 23.9 Å². The molecule has 1 aromatic heterocycles. The van der Waals surface area contributed by atoms with Crippen LogP contribution >= 0.6 is 11.6 Å². The summed E-state index contributed by atoms with van der Waals surface area (Å²) in [5.74, 6) is -0.0339. The number of aliphatic hydroxyl groups is 1. The van der Waals surface area contributed by atoms with Gasteiger partial charge in [0.1, 0.15) is 34.8 Å². The number of hydrogen-bond acceptors (Lipinski definition) is 6. The Kier molecular flexibility index (Phi) is 6.16. The van der Waals surface area contributed by atoms with E-state index in [1.165, 1.54) is 25.2 Å². The molecule has 8 heteroatoms. The number of hydrogen-bond donors (Lipinski definition) is 1. The van der Waals surface area contributed by atoms with Crippen molar-refractivity contribution in [2.75, 3.05) is 14.2 Å².